The second-order valence-corrected chi connectivity index (χ2v) is 3.95. The number of carbonyl (C=O) groups is 1. The van der Waals surface area contributed by atoms with E-state index in [1.54, 1.807) is 19.2 Å². The van der Waals surface area contributed by atoms with Gasteiger partial charge in [-0.05, 0) is 44.7 Å². The zero-order valence-electron chi connectivity index (χ0n) is 10.1. The molecule has 1 heterocycles. The molecule has 0 aromatic carbocycles. The Kier molecular flexibility index (Phi) is 4.78. The van der Waals surface area contributed by atoms with Crippen molar-refractivity contribution < 1.29 is 4.79 Å². The number of likely N-dealkylation sites (N-methyl/N-ethyl adjacent to an activating group) is 1. The number of nitrogens with one attached hydrogen (secondary N) is 1. The molecule has 17 heavy (non-hydrogen) atoms. The SMILES string of the molecule is C=C1CCCC(NC)C(=O)N1/C(N)=C/C=C\N. The van der Waals surface area contributed by atoms with Crippen molar-refractivity contribution in [3.63, 3.8) is 0 Å². The number of hydrogen-bond acceptors (Lipinski definition) is 4. The Morgan fingerprint density at radius 2 is 2.35 bits per heavy atom. The molecule has 1 rings (SSSR count). The molecule has 1 fully saturated rings. The first kappa shape index (κ1) is 13.3. The van der Waals surface area contributed by atoms with E-state index >= 15 is 0 Å². The first-order valence-corrected chi connectivity index (χ1v) is 5.65. The van der Waals surface area contributed by atoms with Crippen LogP contribution >= 0.6 is 0 Å². The van der Waals surface area contributed by atoms with Crippen LogP contribution in [0.5, 0.6) is 0 Å². The van der Waals surface area contributed by atoms with Crippen molar-refractivity contribution in [3.8, 4) is 0 Å². The van der Waals surface area contributed by atoms with E-state index in [2.05, 4.69) is 11.9 Å². The number of amides is 1. The van der Waals surface area contributed by atoms with Gasteiger partial charge < -0.3 is 16.8 Å². The highest BCUT2D eigenvalue weighted by atomic mass is 16.2. The van der Waals surface area contributed by atoms with Crippen LogP contribution in [0.15, 0.2) is 36.4 Å². The Balaban J connectivity index is 2.98. The standard InChI is InChI=1S/C12H20N4O/c1-9-5-3-6-10(15-2)12(17)16(9)11(14)7-4-8-13/h4,7-8,10,15H,1,3,5-6,13-14H2,2H3/b8-4-,11-7+. The number of likely N-dealkylation sites (tertiary alicyclic amines) is 1. The van der Waals surface area contributed by atoms with E-state index in [-0.39, 0.29) is 11.9 Å². The molecule has 1 amide bonds. The average molecular weight is 236 g/mol. The Bertz CT molecular complexity index is 360. The first-order valence-electron chi connectivity index (χ1n) is 5.65. The number of carbonyl (C=O) groups excluding carboxylic acids is 1. The van der Waals surface area contributed by atoms with Gasteiger partial charge in [-0.25, -0.2) is 0 Å². The summed E-state index contributed by atoms with van der Waals surface area (Å²) in [5, 5.41) is 3.00. The molecule has 0 spiro atoms. The molecule has 1 saturated heterocycles. The van der Waals surface area contributed by atoms with Gasteiger partial charge in [0.15, 0.2) is 0 Å². The van der Waals surface area contributed by atoms with E-state index < -0.39 is 0 Å². The summed E-state index contributed by atoms with van der Waals surface area (Å²) in [6.45, 7) is 3.91. The topological polar surface area (TPSA) is 84.4 Å². The lowest BCUT2D eigenvalue weighted by Gasteiger charge is -2.25. The molecule has 0 aliphatic carbocycles. The first-order chi connectivity index (χ1) is 8.11. The third kappa shape index (κ3) is 3.10. The van der Waals surface area contributed by atoms with Crippen LogP contribution in [0, 0.1) is 0 Å². The number of nitrogens with two attached hydrogens (primary N) is 2. The monoisotopic (exact) mass is 236 g/mol. The van der Waals surface area contributed by atoms with Gasteiger partial charge >= 0.3 is 0 Å². The molecule has 1 aliphatic heterocycles. The van der Waals surface area contributed by atoms with Gasteiger partial charge in [0, 0.05) is 5.70 Å². The molecule has 94 valence electrons. The summed E-state index contributed by atoms with van der Waals surface area (Å²) < 4.78 is 0. The Labute approximate surface area is 102 Å². The fourth-order valence-electron chi connectivity index (χ4n) is 1.86. The van der Waals surface area contributed by atoms with Gasteiger partial charge in [-0.3, -0.25) is 9.69 Å². The minimum Gasteiger partial charge on any atom is -0.405 e. The van der Waals surface area contributed by atoms with Crippen molar-refractivity contribution in [1.82, 2.24) is 10.2 Å². The Morgan fingerprint density at radius 3 is 2.94 bits per heavy atom. The van der Waals surface area contributed by atoms with Gasteiger partial charge in [0.1, 0.15) is 5.82 Å². The summed E-state index contributed by atoms with van der Waals surface area (Å²) in [7, 11) is 1.77. The quantitative estimate of drug-likeness (QED) is 0.618. The van der Waals surface area contributed by atoms with E-state index in [0.717, 1.165) is 25.0 Å². The van der Waals surface area contributed by atoms with Crippen molar-refractivity contribution in [3.05, 3.63) is 36.4 Å². The summed E-state index contributed by atoms with van der Waals surface area (Å²) in [6, 6.07) is -0.206. The van der Waals surface area contributed by atoms with Crippen LogP contribution in [0.3, 0.4) is 0 Å². The molecular weight excluding hydrogens is 216 g/mol. The van der Waals surface area contributed by atoms with E-state index in [1.807, 2.05) is 0 Å². The third-order valence-corrected chi connectivity index (χ3v) is 2.78. The lowest BCUT2D eigenvalue weighted by molar-refractivity contribution is -0.129. The predicted octanol–water partition coefficient (Wildman–Crippen LogP) is 0.373. The molecular formula is C12H20N4O. The minimum absolute atomic E-state index is 0.0610. The maximum atomic E-state index is 12.2. The molecule has 0 aromatic heterocycles. The number of nitrogens with zero attached hydrogens (tertiary/aromatic N) is 1. The fourth-order valence-corrected chi connectivity index (χ4v) is 1.86. The van der Waals surface area contributed by atoms with Gasteiger partial charge in [0.2, 0.25) is 5.91 Å². The summed E-state index contributed by atoms with van der Waals surface area (Å²) in [6.07, 6.45) is 7.05. The molecule has 5 heteroatoms. The predicted molar refractivity (Wildman–Crippen MR) is 68.3 cm³/mol. The fraction of sp³-hybridized carbons (Fsp3) is 0.417. The number of allylic oxidation sites excluding steroid dienone is 3. The van der Waals surface area contributed by atoms with Crippen LogP contribution in [0.4, 0.5) is 0 Å². The highest BCUT2D eigenvalue weighted by Crippen LogP contribution is 2.22. The second kappa shape index (κ2) is 6.10. The number of hydrogen-bond donors (Lipinski definition) is 3. The van der Waals surface area contributed by atoms with Crippen LogP contribution in [-0.2, 0) is 4.79 Å². The normalized spacial score (nSPS) is 23.2. The Hall–Kier alpha value is -1.75. The van der Waals surface area contributed by atoms with Gasteiger partial charge in [-0.2, -0.15) is 0 Å². The minimum atomic E-state index is -0.206. The maximum absolute atomic E-state index is 12.2. The van der Waals surface area contributed by atoms with Gasteiger partial charge in [0.05, 0.1) is 6.04 Å². The average Bonchev–Trinajstić information content (AvgIpc) is 2.45. The molecule has 0 bridgehead atoms. The molecule has 1 atom stereocenters. The summed E-state index contributed by atoms with van der Waals surface area (Å²) in [4.78, 5) is 13.7. The third-order valence-electron chi connectivity index (χ3n) is 2.78. The maximum Gasteiger partial charge on any atom is 0.249 e. The molecule has 1 aliphatic rings. The smallest absolute Gasteiger partial charge is 0.249 e. The Morgan fingerprint density at radius 1 is 1.65 bits per heavy atom. The van der Waals surface area contributed by atoms with Crippen LogP contribution in [-0.4, -0.2) is 23.9 Å². The summed E-state index contributed by atoms with van der Waals surface area (Å²) in [5.41, 5.74) is 11.8. The molecule has 5 N–H and O–H groups in total. The van der Waals surface area contributed by atoms with Crippen molar-refractivity contribution >= 4 is 5.91 Å². The molecule has 0 aromatic rings. The largest absolute Gasteiger partial charge is 0.405 e. The van der Waals surface area contributed by atoms with E-state index in [0.29, 0.717) is 5.82 Å². The second-order valence-electron chi connectivity index (χ2n) is 3.95. The van der Waals surface area contributed by atoms with Crippen LogP contribution < -0.4 is 16.8 Å². The van der Waals surface area contributed by atoms with Crippen LogP contribution in [0.2, 0.25) is 0 Å². The van der Waals surface area contributed by atoms with Crippen molar-refractivity contribution in [1.29, 1.82) is 0 Å². The van der Waals surface area contributed by atoms with Gasteiger partial charge in [-0.15, -0.1) is 0 Å². The van der Waals surface area contributed by atoms with Crippen molar-refractivity contribution in [2.75, 3.05) is 7.05 Å². The lowest BCUT2D eigenvalue weighted by atomic mass is 10.1. The lowest BCUT2D eigenvalue weighted by Crippen LogP contribution is -2.44. The molecule has 0 radical (unpaired) electrons. The summed E-state index contributed by atoms with van der Waals surface area (Å²) in [5.74, 6) is 0.290. The van der Waals surface area contributed by atoms with Gasteiger partial charge in [0.25, 0.3) is 0 Å². The highest BCUT2D eigenvalue weighted by molar-refractivity contribution is 5.85. The highest BCUT2D eigenvalue weighted by Gasteiger charge is 2.29. The number of rotatable bonds is 3. The van der Waals surface area contributed by atoms with E-state index in [1.165, 1.54) is 11.1 Å². The molecule has 1 unspecified atom stereocenters. The van der Waals surface area contributed by atoms with Crippen LogP contribution in [0.1, 0.15) is 19.3 Å². The van der Waals surface area contributed by atoms with Crippen molar-refractivity contribution in [2.45, 2.75) is 25.3 Å². The van der Waals surface area contributed by atoms with Gasteiger partial charge in [-0.1, -0.05) is 6.58 Å². The summed E-state index contributed by atoms with van der Waals surface area (Å²) >= 11 is 0. The zero-order valence-corrected chi connectivity index (χ0v) is 10.1. The molecule has 0 saturated carbocycles. The van der Waals surface area contributed by atoms with E-state index in [9.17, 15) is 4.79 Å². The zero-order chi connectivity index (χ0) is 12.8. The van der Waals surface area contributed by atoms with Crippen molar-refractivity contribution in [2.24, 2.45) is 11.5 Å². The van der Waals surface area contributed by atoms with E-state index in [4.69, 9.17) is 11.5 Å². The molecule has 5 nitrogen and oxygen atoms in total. The van der Waals surface area contributed by atoms with Crippen LogP contribution in [0.25, 0.3) is 0 Å².